The number of H-pyrrole nitrogens is 1. The number of carbonyl (C=O) groups excluding carboxylic acids is 2. The molecular formula is C21H24FN5O3. The van der Waals surface area contributed by atoms with Gasteiger partial charge in [-0.3, -0.25) is 19.4 Å². The lowest BCUT2D eigenvalue weighted by Gasteiger charge is -2.32. The second-order valence-electron chi connectivity index (χ2n) is 8.12. The molecule has 0 spiro atoms. The van der Waals surface area contributed by atoms with E-state index in [1.807, 2.05) is 4.90 Å². The van der Waals surface area contributed by atoms with Gasteiger partial charge in [-0.05, 0) is 43.4 Å². The zero-order chi connectivity index (χ0) is 21.4. The number of piperidine rings is 1. The number of fused-ring (bicyclic) bond motifs is 1. The Balaban J connectivity index is 1.65. The highest BCUT2D eigenvalue weighted by molar-refractivity contribution is 6.04. The van der Waals surface area contributed by atoms with Crippen LogP contribution in [0, 0.1) is 18.7 Å². The fourth-order valence-corrected chi connectivity index (χ4v) is 4.06. The van der Waals surface area contributed by atoms with Crippen molar-refractivity contribution in [3.63, 3.8) is 0 Å². The molecule has 30 heavy (non-hydrogen) atoms. The second kappa shape index (κ2) is 7.89. The van der Waals surface area contributed by atoms with Gasteiger partial charge in [0.05, 0.1) is 17.2 Å². The first-order chi connectivity index (χ1) is 14.3. The summed E-state index contributed by atoms with van der Waals surface area (Å²) >= 11 is 0. The van der Waals surface area contributed by atoms with Crippen molar-refractivity contribution in [1.29, 1.82) is 0 Å². The maximum atomic E-state index is 14.1. The number of benzene rings is 1. The molecule has 3 N–H and O–H groups in total. The number of aromatic nitrogens is 2. The van der Waals surface area contributed by atoms with Crippen molar-refractivity contribution in [2.45, 2.75) is 39.0 Å². The van der Waals surface area contributed by atoms with Crippen LogP contribution in [-0.4, -0.2) is 34.9 Å². The van der Waals surface area contributed by atoms with Gasteiger partial charge in [0, 0.05) is 19.5 Å². The summed E-state index contributed by atoms with van der Waals surface area (Å²) in [5.74, 6) is -1.73. The van der Waals surface area contributed by atoms with E-state index >= 15 is 0 Å². The van der Waals surface area contributed by atoms with Crippen molar-refractivity contribution in [2.24, 2.45) is 5.92 Å². The molecule has 3 heterocycles. The molecule has 0 bridgehead atoms. The Morgan fingerprint density at radius 1 is 1.33 bits per heavy atom. The molecule has 2 atom stereocenters. The van der Waals surface area contributed by atoms with Crippen LogP contribution in [-0.2, 0) is 9.59 Å². The van der Waals surface area contributed by atoms with E-state index in [9.17, 15) is 18.8 Å². The zero-order valence-electron chi connectivity index (χ0n) is 16.9. The van der Waals surface area contributed by atoms with Gasteiger partial charge in [-0.2, -0.15) is 4.98 Å². The minimum Gasteiger partial charge on any atom is -0.342 e. The van der Waals surface area contributed by atoms with Crippen LogP contribution in [0.1, 0.15) is 43.2 Å². The van der Waals surface area contributed by atoms with Crippen molar-refractivity contribution in [2.75, 3.05) is 28.6 Å². The maximum Gasteiger partial charge on any atom is 0.258 e. The number of nitrogens with zero attached hydrogens (tertiary/aromatic N) is 2. The van der Waals surface area contributed by atoms with Gasteiger partial charge in [0.15, 0.2) is 0 Å². The Bertz CT molecular complexity index is 1070. The van der Waals surface area contributed by atoms with E-state index in [1.165, 1.54) is 12.1 Å². The average Bonchev–Trinajstić information content (AvgIpc) is 2.69. The molecule has 0 saturated carbocycles. The summed E-state index contributed by atoms with van der Waals surface area (Å²) in [6.07, 6.45) is 1.89. The van der Waals surface area contributed by atoms with Gasteiger partial charge in [0.1, 0.15) is 11.6 Å². The summed E-state index contributed by atoms with van der Waals surface area (Å²) < 4.78 is 14.1. The first kappa shape index (κ1) is 20.1. The molecule has 1 aromatic heterocycles. The standard InChI is InChI=1S/C21H24FN5O3/c1-11-5-6-15(14(22)8-11)23-19(29)13-9-16(28)24-18-17(13)20(30)26-21(25-18)27-7-3-4-12(2)10-27/h5-6,8,12-13H,3-4,7,9-10H2,1-2H3,(H,23,29)(H2,24,25,26,28,30). The van der Waals surface area contributed by atoms with Crippen LogP contribution in [0.4, 0.5) is 21.8 Å². The molecule has 0 radical (unpaired) electrons. The van der Waals surface area contributed by atoms with E-state index < -0.39 is 29.1 Å². The highest BCUT2D eigenvalue weighted by Gasteiger charge is 2.35. The molecule has 1 aromatic carbocycles. The summed E-state index contributed by atoms with van der Waals surface area (Å²) in [5, 5.41) is 5.10. The Hall–Kier alpha value is -3.23. The van der Waals surface area contributed by atoms with E-state index in [0.29, 0.717) is 17.4 Å². The lowest BCUT2D eigenvalue weighted by Crippen LogP contribution is -2.40. The van der Waals surface area contributed by atoms with Gasteiger partial charge in [0.2, 0.25) is 17.8 Å². The molecule has 4 rings (SSSR count). The molecule has 2 aromatic rings. The molecule has 158 valence electrons. The summed E-state index contributed by atoms with van der Waals surface area (Å²) in [7, 11) is 0. The molecule has 2 aliphatic rings. The smallest absolute Gasteiger partial charge is 0.258 e. The normalized spacial score (nSPS) is 21.0. The number of nitrogens with one attached hydrogen (secondary N) is 3. The highest BCUT2D eigenvalue weighted by Crippen LogP contribution is 2.31. The number of rotatable bonds is 3. The number of halogens is 1. The number of amides is 2. The third-order valence-electron chi connectivity index (χ3n) is 5.59. The number of hydrogen-bond acceptors (Lipinski definition) is 5. The first-order valence-electron chi connectivity index (χ1n) is 10.1. The molecule has 2 aliphatic heterocycles. The molecule has 8 nitrogen and oxygen atoms in total. The van der Waals surface area contributed by atoms with Crippen molar-refractivity contribution in [1.82, 2.24) is 9.97 Å². The van der Waals surface area contributed by atoms with Gasteiger partial charge in [-0.1, -0.05) is 13.0 Å². The monoisotopic (exact) mass is 413 g/mol. The number of anilines is 3. The van der Waals surface area contributed by atoms with Crippen LogP contribution in [0.25, 0.3) is 0 Å². The van der Waals surface area contributed by atoms with Crippen LogP contribution >= 0.6 is 0 Å². The molecule has 0 aliphatic carbocycles. The number of carbonyl (C=O) groups is 2. The molecule has 1 fully saturated rings. The molecule has 9 heteroatoms. The molecule has 2 amide bonds. The third-order valence-corrected chi connectivity index (χ3v) is 5.59. The quantitative estimate of drug-likeness (QED) is 0.717. The predicted octanol–water partition coefficient (Wildman–Crippen LogP) is 2.52. The number of hydrogen-bond donors (Lipinski definition) is 3. The van der Waals surface area contributed by atoms with Gasteiger partial charge in [-0.25, -0.2) is 4.39 Å². The van der Waals surface area contributed by atoms with E-state index in [4.69, 9.17) is 0 Å². The molecular weight excluding hydrogens is 389 g/mol. The van der Waals surface area contributed by atoms with E-state index in [1.54, 1.807) is 13.0 Å². The van der Waals surface area contributed by atoms with Gasteiger partial charge in [0.25, 0.3) is 5.56 Å². The molecule has 2 unspecified atom stereocenters. The maximum absolute atomic E-state index is 14.1. The SMILES string of the molecule is Cc1ccc(NC(=O)C2CC(=O)Nc3nc(N4CCCC(C)C4)[nH]c(=O)c32)c(F)c1. The summed E-state index contributed by atoms with van der Waals surface area (Å²) in [6.45, 7) is 5.39. The van der Waals surface area contributed by atoms with Gasteiger partial charge < -0.3 is 15.5 Å². The highest BCUT2D eigenvalue weighted by atomic mass is 19.1. The zero-order valence-corrected chi connectivity index (χ0v) is 16.9. The Kier molecular flexibility index (Phi) is 5.27. The largest absolute Gasteiger partial charge is 0.342 e. The lowest BCUT2D eigenvalue weighted by atomic mass is 9.92. The fourth-order valence-electron chi connectivity index (χ4n) is 4.06. The minimum absolute atomic E-state index is 0.00134. The minimum atomic E-state index is -1.06. The van der Waals surface area contributed by atoms with E-state index in [2.05, 4.69) is 27.5 Å². The summed E-state index contributed by atoms with van der Waals surface area (Å²) in [5.41, 5.74) is 0.334. The van der Waals surface area contributed by atoms with Gasteiger partial charge in [-0.15, -0.1) is 0 Å². The van der Waals surface area contributed by atoms with Gasteiger partial charge >= 0.3 is 0 Å². The average molecular weight is 413 g/mol. The van der Waals surface area contributed by atoms with Crippen molar-refractivity contribution in [3.8, 4) is 0 Å². The second-order valence-corrected chi connectivity index (χ2v) is 8.12. The van der Waals surface area contributed by atoms with Crippen molar-refractivity contribution >= 4 is 29.3 Å². The Morgan fingerprint density at radius 3 is 2.87 bits per heavy atom. The van der Waals surface area contributed by atoms with Crippen LogP contribution < -0.4 is 21.1 Å². The summed E-state index contributed by atoms with van der Waals surface area (Å²) in [6, 6.07) is 4.42. The number of aryl methyl sites for hydroxylation is 1. The first-order valence-corrected chi connectivity index (χ1v) is 10.1. The Morgan fingerprint density at radius 2 is 2.13 bits per heavy atom. The van der Waals surface area contributed by atoms with Crippen molar-refractivity contribution in [3.05, 3.63) is 45.5 Å². The van der Waals surface area contributed by atoms with Crippen LogP contribution in [0.5, 0.6) is 0 Å². The number of aromatic amines is 1. The van der Waals surface area contributed by atoms with Crippen LogP contribution in [0.15, 0.2) is 23.0 Å². The Labute approximate surface area is 172 Å². The lowest BCUT2D eigenvalue weighted by molar-refractivity contribution is -0.123. The van der Waals surface area contributed by atoms with Crippen LogP contribution in [0.3, 0.4) is 0 Å². The van der Waals surface area contributed by atoms with Crippen LogP contribution in [0.2, 0.25) is 0 Å². The van der Waals surface area contributed by atoms with E-state index in [-0.39, 0.29) is 23.5 Å². The molecule has 1 saturated heterocycles. The third kappa shape index (κ3) is 3.92. The van der Waals surface area contributed by atoms with E-state index in [0.717, 1.165) is 25.9 Å². The fraction of sp³-hybridized carbons (Fsp3) is 0.429. The summed E-state index contributed by atoms with van der Waals surface area (Å²) in [4.78, 5) is 47.1. The topological polar surface area (TPSA) is 107 Å². The predicted molar refractivity (Wildman–Crippen MR) is 111 cm³/mol. The van der Waals surface area contributed by atoms with Crippen molar-refractivity contribution < 1.29 is 14.0 Å².